The van der Waals surface area contributed by atoms with Crippen LogP contribution in [0, 0.1) is 0 Å². The lowest BCUT2D eigenvalue weighted by molar-refractivity contribution is -0.148. The van der Waals surface area contributed by atoms with E-state index in [1.807, 2.05) is 0 Å². The van der Waals surface area contributed by atoms with Gasteiger partial charge in [-0.1, -0.05) is 0 Å². The second kappa shape index (κ2) is 9.16. The minimum absolute atomic E-state index is 0.373. The molecule has 0 radical (unpaired) electrons. The van der Waals surface area contributed by atoms with Gasteiger partial charge >= 0.3 is 12.1 Å². The fourth-order valence-electron chi connectivity index (χ4n) is 2.01. The lowest BCUT2D eigenvalue weighted by Crippen LogP contribution is -2.40. The summed E-state index contributed by atoms with van der Waals surface area (Å²) in [5.41, 5.74) is -0.541. The summed E-state index contributed by atoms with van der Waals surface area (Å²) in [7, 11) is 1.61. The van der Waals surface area contributed by atoms with E-state index in [2.05, 4.69) is 10.6 Å². The van der Waals surface area contributed by atoms with Crippen molar-refractivity contribution in [2.75, 3.05) is 13.6 Å². The Labute approximate surface area is 146 Å². The van der Waals surface area contributed by atoms with Crippen molar-refractivity contribution in [3.63, 3.8) is 0 Å². The molecule has 0 saturated heterocycles. The van der Waals surface area contributed by atoms with Crippen LogP contribution in [0.1, 0.15) is 40.0 Å². The summed E-state index contributed by atoms with van der Waals surface area (Å²) < 4.78 is 5.77. The van der Waals surface area contributed by atoms with Gasteiger partial charge in [0.2, 0.25) is 11.8 Å². The van der Waals surface area contributed by atoms with Crippen LogP contribution in [-0.4, -0.2) is 52.2 Å². The van der Waals surface area contributed by atoms with Gasteiger partial charge in [-0.3, -0.25) is 0 Å². The highest BCUT2D eigenvalue weighted by atomic mass is 16.7. The molecule has 1 unspecified atom stereocenters. The summed E-state index contributed by atoms with van der Waals surface area (Å²) in [4.78, 5) is 28.5. The fourth-order valence-corrected chi connectivity index (χ4v) is 2.01. The molecule has 1 amide bonds. The average Bonchev–Trinajstić information content (AvgIpc) is 2.80. The molecule has 1 heterocycles. The van der Waals surface area contributed by atoms with Gasteiger partial charge in [0.05, 0.1) is 0 Å². The first-order valence-corrected chi connectivity index (χ1v) is 8.10. The SMILES string of the molecule is CNC(CCCCNC(=O)OC(C)(C)C)C(=O)On1c(O)ccc1O. The molecule has 9 nitrogen and oxygen atoms in total. The van der Waals surface area contributed by atoms with E-state index in [-0.39, 0.29) is 11.8 Å². The number of aromatic hydroxyl groups is 2. The van der Waals surface area contributed by atoms with Gasteiger partial charge in [-0.25, -0.2) is 9.59 Å². The van der Waals surface area contributed by atoms with Gasteiger partial charge in [0.1, 0.15) is 11.6 Å². The average molecular weight is 357 g/mol. The summed E-state index contributed by atoms with van der Waals surface area (Å²) in [5, 5.41) is 24.4. The molecule has 142 valence electrons. The van der Waals surface area contributed by atoms with Crippen molar-refractivity contribution < 1.29 is 29.4 Å². The topological polar surface area (TPSA) is 122 Å². The van der Waals surface area contributed by atoms with E-state index in [1.54, 1.807) is 27.8 Å². The standard InChI is InChI=1S/C16H27N3O6/c1-16(2,3)24-15(23)18-10-6-5-7-11(17-4)14(22)25-19-12(20)8-9-13(19)21/h8-9,11,17,20-21H,5-7,10H2,1-4H3,(H,18,23). The number of hydrogen-bond donors (Lipinski definition) is 4. The third kappa shape index (κ3) is 7.34. The van der Waals surface area contributed by atoms with Crippen LogP contribution in [0.3, 0.4) is 0 Å². The maximum atomic E-state index is 12.1. The molecule has 4 N–H and O–H groups in total. The molecule has 0 bridgehead atoms. The number of hydrogen-bond acceptors (Lipinski definition) is 7. The molecular weight excluding hydrogens is 330 g/mol. The molecule has 0 aliphatic rings. The second-order valence-corrected chi connectivity index (χ2v) is 6.52. The Morgan fingerprint density at radius 3 is 2.32 bits per heavy atom. The van der Waals surface area contributed by atoms with Gasteiger partial charge in [0, 0.05) is 18.7 Å². The van der Waals surface area contributed by atoms with E-state index in [9.17, 15) is 19.8 Å². The first-order chi connectivity index (χ1) is 11.6. The zero-order chi connectivity index (χ0) is 19.0. The molecule has 9 heteroatoms. The first kappa shape index (κ1) is 20.6. The number of ether oxygens (including phenoxy) is 1. The monoisotopic (exact) mass is 357 g/mol. The minimum Gasteiger partial charge on any atom is -0.492 e. The molecule has 0 aromatic carbocycles. The van der Waals surface area contributed by atoms with E-state index in [4.69, 9.17) is 9.57 Å². The van der Waals surface area contributed by atoms with Crippen LogP contribution in [0.25, 0.3) is 0 Å². The highest BCUT2D eigenvalue weighted by molar-refractivity contribution is 5.76. The van der Waals surface area contributed by atoms with Crippen LogP contribution in [-0.2, 0) is 9.53 Å². The first-order valence-electron chi connectivity index (χ1n) is 8.10. The van der Waals surface area contributed by atoms with Gasteiger partial charge in [0.25, 0.3) is 0 Å². The number of alkyl carbamates (subject to hydrolysis) is 1. The molecule has 0 fully saturated rings. The van der Waals surface area contributed by atoms with Gasteiger partial charge in [0.15, 0.2) is 0 Å². The van der Waals surface area contributed by atoms with Gasteiger partial charge < -0.3 is 30.4 Å². The molecule has 1 aromatic heterocycles. The normalized spacial score (nSPS) is 12.5. The van der Waals surface area contributed by atoms with Gasteiger partial charge in [-0.2, -0.15) is 0 Å². The lowest BCUT2D eigenvalue weighted by Gasteiger charge is -2.19. The molecule has 0 saturated carbocycles. The van der Waals surface area contributed by atoms with Crippen LogP contribution in [0.2, 0.25) is 0 Å². The summed E-state index contributed by atoms with van der Waals surface area (Å²) in [6, 6.07) is 1.81. The molecule has 0 aliphatic carbocycles. The van der Waals surface area contributed by atoms with E-state index in [1.165, 1.54) is 12.1 Å². The van der Waals surface area contributed by atoms with Crippen molar-refractivity contribution in [2.24, 2.45) is 0 Å². The highest BCUT2D eigenvalue weighted by Crippen LogP contribution is 2.19. The van der Waals surface area contributed by atoms with Crippen LogP contribution < -0.4 is 15.5 Å². The zero-order valence-corrected chi connectivity index (χ0v) is 15.0. The Hall–Kier alpha value is -2.42. The largest absolute Gasteiger partial charge is 0.492 e. The Kier molecular flexibility index (Phi) is 7.56. The molecule has 1 rings (SSSR count). The van der Waals surface area contributed by atoms with Crippen LogP contribution in [0.15, 0.2) is 12.1 Å². The van der Waals surface area contributed by atoms with Crippen LogP contribution in [0.5, 0.6) is 11.8 Å². The fraction of sp³-hybridized carbons (Fsp3) is 0.625. The number of amides is 1. The number of aromatic nitrogens is 1. The van der Waals surface area contributed by atoms with Crippen molar-refractivity contribution in [3.05, 3.63) is 12.1 Å². The predicted octanol–water partition coefficient (Wildman–Crippen LogP) is 1.14. The third-order valence-electron chi connectivity index (χ3n) is 3.20. The quantitative estimate of drug-likeness (QED) is 0.515. The van der Waals surface area contributed by atoms with Crippen LogP contribution in [0.4, 0.5) is 4.79 Å². The lowest BCUT2D eigenvalue weighted by atomic mass is 10.1. The Morgan fingerprint density at radius 2 is 1.80 bits per heavy atom. The number of nitrogens with zero attached hydrogens (tertiary/aromatic N) is 1. The van der Waals surface area contributed by atoms with Crippen molar-refractivity contribution in [3.8, 4) is 11.8 Å². The van der Waals surface area contributed by atoms with Crippen LogP contribution >= 0.6 is 0 Å². The summed E-state index contributed by atoms with van der Waals surface area (Å²) in [6.45, 7) is 5.79. The van der Waals surface area contributed by atoms with E-state index < -0.39 is 23.7 Å². The number of carbonyl (C=O) groups excluding carboxylic acids is 2. The summed E-state index contributed by atoms with van der Waals surface area (Å²) >= 11 is 0. The van der Waals surface area contributed by atoms with Crippen molar-refractivity contribution in [2.45, 2.75) is 51.7 Å². The molecule has 25 heavy (non-hydrogen) atoms. The van der Waals surface area contributed by atoms with E-state index in [0.29, 0.717) is 30.5 Å². The van der Waals surface area contributed by atoms with Crippen molar-refractivity contribution in [1.29, 1.82) is 0 Å². The zero-order valence-electron chi connectivity index (χ0n) is 15.0. The molecule has 1 aromatic rings. The van der Waals surface area contributed by atoms with E-state index in [0.717, 1.165) is 0 Å². The molecular formula is C16H27N3O6. The van der Waals surface area contributed by atoms with Gasteiger partial charge in [-0.05, 0) is 47.1 Å². The molecule has 0 spiro atoms. The minimum atomic E-state index is -0.635. The Balaban J connectivity index is 2.32. The Morgan fingerprint density at radius 1 is 1.20 bits per heavy atom. The number of carbonyl (C=O) groups is 2. The maximum Gasteiger partial charge on any atom is 0.407 e. The number of likely N-dealkylation sites (N-methyl/N-ethyl adjacent to an activating group) is 1. The van der Waals surface area contributed by atoms with E-state index >= 15 is 0 Å². The molecule has 1 atom stereocenters. The van der Waals surface area contributed by atoms with Gasteiger partial charge in [-0.15, -0.1) is 4.73 Å². The third-order valence-corrected chi connectivity index (χ3v) is 3.20. The maximum absolute atomic E-state index is 12.1. The second-order valence-electron chi connectivity index (χ2n) is 6.52. The summed E-state index contributed by atoms with van der Waals surface area (Å²) in [5.74, 6) is -1.38. The Bertz CT molecular complexity index is 559. The smallest absolute Gasteiger partial charge is 0.407 e. The number of nitrogens with one attached hydrogen (secondary N) is 2. The highest BCUT2D eigenvalue weighted by Gasteiger charge is 2.21. The van der Waals surface area contributed by atoms with Crippen molar-refractivity contribution in [1.82, 2.24) is 15.4 Å². The predicted molar refractivity (Wildman–Crippen MR) is 90.3 cm³/mol. The number of unbranched alkanes of at least 4 members (excludes halogenated alkanes) is 1. The number of rotatable bonds is 8. The molecule has 0 aliphatic heterocycles. The summed E-state index contributed by atoms with van der Waals surface area (Å²) in [6.07, 6.45) is 1.30. The van der Waals surface area contributed by atoms with Crippen molar-refractivity contribution >= 4 is 12.1 Å².